The molecule has 106 valence electrons. The maximum Gasteiger partial charge on any atom is 0.275 e. The predicted molar refractivity (Wildman–Crippen MR) is 81.8 cm³/mol. The lowest BCUT2D eigenvalue weighted by Crippen LogP contribution is -2.02. The van der Waals surface area contributed by atoms with Crippen LogP contribution in [0.15, 0.2) is 53.1 Å². The van der Waals surface area contributed by atoms with E-state index in [-0.39, 0.29) is 11.5 Å². The molecule has 21 heavy (non-hydrogen) atoms. The number of rotatable bonds is 3. The SMILES string of the molecule is O=[N+]([O-])c1cc(Br)ccc1Cn1ccc2c(F)cccc21. The van der Waals surface area contributed by atoms with Crippen LogP contribution in [0.2, 0.25) is 0 Å². The molecule has 0 saturated heterocycles. The van der Waals surface area contributed by atoms with Crippen LogP contribution in [0.5, 0.6) is 0 Å². The summed E-state index contributed by atoms with van der Waals surface area (Å²) in [5.74, 6) is -0.295. The van der Waals surface area contributed by atoms with Crippen molar-refractivity contribution in [3.05, 3.63) is 74.6 Å². The Kier molecular flexibility index (Phi) is 3.47. The van der Waals surface area contributed by atoms with Gasteiger partial charge in [0.05, 0.1) is 17.0 Å². The molecular weight excluding hydrogens is 339 g/mol. The van der Waals surface area contributed by atoms with Gasteiger partial charge in [0.1, 0.15) is 5.82 Å². The van der Waals surface area contributed by atoms with Crippen molar-refractivity contribution in [1.29, 1.82) is 0 Å². The minimum Gasteiger partial charge on any atom is -0.343 e. The lowest BCUT2D eigenvalue weighted by molar-refractivity contribution is -0.385. The van der Waals surface area contributed by atoms with Crippen LogP contribution in [-0.4, -0.2) is 9.49 Å². The molecule has 3 aromatic rings. The maximum atomic E-state index is 13.7. The number of hydrogen-bond acceptors (Lipinski definition) is 2. The van der Waals surface area contributed by atoms with Gasteiger partial charge in [-0.15, -0.1) is 0 Å². The smallest absolute Gasteiger partial charge is 0.275 e. The number of nitro benzene ring substituents is 1. The van der Waals surface area contributed by atoms with Gasteiger partial charge in [-0.05, 0) is 30.3 Å². The topological polar surface area (TPSA) is 48.1 Å². The third kappa shape index (κ3) is 2.54. The largest absolute Gasteiger partial charge is 0.343 e. The Hall–Kier alpha value is -2.21. The molecule has 1 heterocycles. The van der Waals surface area contributed by atoms with Crippen LogP contribution >= 0.6 is 15.9 Å². The first kappa shape index (κ1) is 13.8. The number of aromatic nitrogens is 1. The first-order valence-electron chi connectivity index (χ1n) is 6.22. The Balaban J connectivity index is 2.07. The number of nitro groups is 1. The minimum absolute atomic E-state index is 0.0441. The standard InChI is InChI=1S/C15H10BrFN2O2/c16-11-5-4-10(15(8-11)19(20)21)9-18-7-6-12-13(17)2-1-3-14(12)18/h1-8H,9H2. The number of fused-ring (bicyclic) bond motifs is 1. The average Bonchev–Trinajstić information content (AvgIpc) is 2.85. The van der Waals surface area contributed by atoms with Crippen molar-refractivity contribution in [2.24, 2.45) is 0 Å². The molecule has 0 fully saturated rings. The molecule has 0 aliphatic rings. The molecule has 2 aromatic carbocycles. The van der Waals surface area contributed by atoms with E-state index in [0.717, 1.165) is 0 Å². The molecule has 0 bridgehead atoms. The second kappa shape index (κ2) is 5.29. The van der Waals surface area contributed by atoms with Crippen molar-refractivity contribution in [2.45, 2.75) is 6.54 Å². The van der Waals surface area contributed by atoms with Crippen molar-refractivity contribution in [3.8, 4) is 0 Å². The lowest BCUT2D eigenvalue weighted by Gasteiger charge is -2.07. The second-order valence-electron chi connectivity index (χ2n) is 4.65. The highest BCUT2D eigenvalue weighted by Crippen LogP contribution is 2.26. The van der Waals surface area contributed by atoms with Gasteiger partial charge in [0, 0.05) is 27.7 Å². The van der Waals surface area contributed by atoms with E-state index in [4.69, 9.17) is 0 Å². The van der Waals surface area contributed by atoms with Gasteiger partial charge in [0.15, 0.2) is 0 Å². The average molecular weight is 349 g/mol. The molecule has 0 aliphatic carbocycles. The van der Waals surface area contributed by atoms with Crippen LogP contribution in [0.4, 0.5) is 10.1 Å². The number of hydrogen-bond donors (Lipinski definition) is 0. The van der Waals surface area contributed by atoms with Gasteiger partial charge in [0.2, 0.25) is 0 Å². The fourth-order valence-corrected chi connectivity index (χ4v) is 2.70. The molecule has 0 aliphatic heterocycles. The molecule has 0 N–H and O–H groups in total. The van der Waals surface area contributed by atoms with Gasteiger partial charge in [-0.3, -0.25) is 10.1 Å². The highest BCUT2D eigenvalue weighted by molar-refractivity contribution is 9.10. The molecular formula is C15H10BrFN2O2. The van der Waals surface area contributed by atoms with E-state index >= 15 is 0 Å². The summed E-state index contributed by atoms with van der Waals surface area (Å²) in [7, 11) is 0. The highest BCUT2D eigenvalue weighted by atomic mass is 79.9. The maximum absolute atomic E-state index is 13.7. The Morgan fingerprint density at radius 2 is 2.05 bits per heavy atom. The molecule has 6 heteroatoms. The van der Waals surface area contributed by atoms with Crippen molar-refractivity contribution in [2.75, 3.05) is 0 Å². The zero-order chi connectivity index (χ0) is 15.0. The van der Waals surface area contributed by atoms with Crippen LogP contribution in [-0.2, 0) is 6.54 Å². The van der Waals surface area contributed by atoms with Gasteiger partial charge >= 0.3 is 0 Å². The first-order chi connectivity index (χ1) is 10.1. The van der Waals surface area contributed by atoms with Gasteiger partial charge in [-0.1, -0.05) is 22.0 Å². The second-order valence-corrected chi connectivity index (χ2v) is 5.56. The zero-order valence-corrected chi connectivity index (χ0v) is 12.4. The molecule has 3 rings (SSSR count). The molecule has 0 amide bonds. The summed E-state index contributed by atoms with van der Waals surface area (Å²) in [4.78, 5) is 10.7. The summed E-state index contributed by atoms with van der Waals surface area (Å²) < 4.78 is 16.1. The summed E-state index contributed by atoms with van der Waals surface area (Å²) in [5.41, 5.74) is 1.33. The first-order valence-corrected chi connectivity index (χ1v) is 7.02. The van der Waals surface area contributed by atoms with E-state index < -0.39 is 4.92 Å². The molecule has 0 saturated carbocycles. The van der Waals surface area contributed by atoms with E-state index in [1.807, 2.05) is 0 Å². The summed E-state index contributed by atoms with van der Waals surface area (Å²) in [6, 6.07) is 11.4. The van der Waals surface area contributed by atoms with Crippen LogP contribution in [0, 0.1) is 15.9 Å². The molecule has 4 nitrogen and oxygen atoms in total. The third-order valence-corrected chi connectivity index (χ3v) is 3.84. The zero-order valence-electron chi connectivity index (χ0n) is 10.8. The van der Waals surface area contributed by atoms with E-state index in [1.165, 1.54) is 12.1 Å². The van der Waals surface area contributed by atoms with Crippen LogP contribution in [0.1, 0.15) is 5.56 Å². The van der Waals surface area contributed by atoms with E-state index in [2.05, 4.69) is 15.9 Å². The fraction of sp³-hybridized carbons (Fsp3) is 0.0667. The minimum atomic E-state index is -0.410. The number of nitrogens with zero attached hydrogens (tertiary/aromatic N) is 2. The van der Waals surface area contributed by atoms with E-state index in [0.29, 0.717) is 27.5 Å². The summed E-state index contributed by atoms with van der Waals surface area (Å²) in [6.07, 6.45) is 1.74. The predicted octanol–water partition coefficient (Wildman–Crippen LogP) is 4.50. The van der Waals surface area contributed by atoms with Gasteiger partial charge < -0.3 is 4.57 Å². The molecule has 1 aromatic heterocycles. The Morgan fingerprint density at radius 3 is 2.81 bits per heavy atom. The van der Waals surface area contributed by atoms with Crippen LogP contribution < -0.4 is 0 Å². The van der Waals surface area contributed by atoms with E-state index in [9.17, 15) is 14.5 Å². The van der Waals surface area contributed by atoms with Crippen LogP contribution in [0.25, 0.3) is 10.9 Å². The van der Waals surface area contributed by atoms with Crippen molar-refractivity contribution >= 4 is 32.5 Å². The Labute approximate surface area is 128 Å². The van der Waals surface area contributed by atoms with Crippen molar-refractivity contribution in [1.82, 2.24) is 4.57 Å². The monoisotopic (exact) mass is 348 g/mol. The summed E-state index contributed by atoms with van der Waals surface area (Å²) in [6.45, 7) is 0.316. The quantitative estimate of drug-likeness (QED) is 0.516. The molecule has 0 unspecified atom stereocenters. The number of benzene rings is 2. The van der Waals surface area contributed by atoms with Gasteiger partial charge in [-0.25, -0.2) is 4.39 Å². The third-order valence-electron chi connectivity index (χ3n) is 3.35. The van der Waals surface area contributed by atoms with Gasteiger partial charge in [0.25, 0.3) is 5.69 Å². The lowest BCUT2D eigenvalue weighted by atomic mass is 10.2. The Bertz CT molecular complexity index is 845. The fourth-order valence-electron chi connectivity index (χ4n) is 2.35. The van der Waals surface area contributed by atoms with E-state index in [1.54, 1.807) is 41.1 Å². The van der Waals surface area contributed by atoms with Gasteiger partial charge in [-0.2, -0.15) is 0 Å². The van der Waals surface area contributed by atoms with Crippen LogP contribution in [0.3, 0.4) is 0 Å². The molecule has 0 radical (unpaired) electrons. The van der Waals surface area contributed by atoms with Crippen molar-refractivity contribution in [3.63, 3.8) is 0 Å². The number of halogens is 2. The molecule has 0 spiro atoms. The van der Waals surface area contributed by atoms with Crippen molar-refractivity contribution < 1.29 is 9.31 Å². The summed E-state index contributed by atoms with van der Waals surface area (Å²) in [5, 5.41) is 11.6. The summed E-state index contributed by atoms with van der Waals surface area (Å²) >= 11 is 3.23. The normalized spacial score (nSPS) is 11.0. The Morgan fingerprint density at radius 1 is 1.24 bits per heavy atom. The molecule has 0 atom stereocenters. The highest BCUT2D eigenvalue weighted by Gasteiger charge is 2.15.